The largest absolute Gasteiger partial charge is 0.309 e. The molecule has 0 aliphatic heterocycles. The van der Waals surface area contributed by atoms with Crippen molar-refractivity contribution in [3.8, 4) is 50.2 Å². The Hall–Kier alpha value is -6.77. The summed E-state index contributed by atoms with van der Waals surface area (Å²) in [5, 5.41) is 7.54. The van der Waals surface area contributed by atoms with Gasteiger partial charge in [-0.25, -0.2) is 0 Å². The monoisotopic (exact) mass is 648 g/mol. The van der Waals surface area contributed by atoms with Gasteiger partial charge in [-0.15, -0.1) is 0 Å². The lowest BCUT2D eigenvalue weighted by molar-refractivity contribution is 1.18. The Labute approximate surface area is 296 Å². The molecular weight excluding hydrogens is 617 g/mol. The summed E-state index contributed by atoms with van der Waals surface area (Å²) >= 11 is 0. The number of benzene rings is 8. The van der Waals surface area contributed by atoms with Crippen LogP contribution >= 0.6 is 0 Å². The van der Waals surface area contributed by atoms with Crippen molar-refractivity contribution >= 4 is 43.4 Å². The summed E-state index contributed by atoms with van der Waals surface area (Å²) in [7, 11) is 0. The van der Waals surface area contributed by atoms with Crippen molar-refractivity contribution in [3.63, 3.8) is 0 Å². The molecule has 0 amide bonds. The van der Waals surface area contributed by atoms with Gasteiger partial charge in [-0.2, -0.15) is 0 Å². The summed E-state index contributed by atoms with van der Waals surface area (Å²) < 4.78 is 2.38. The third-order valence-electron chi connectivity index (χ3n) is 10.3. The summed E-state index contributed by atoms with van der Waals surface area (Å²) in [6, 6.07) is 66.2. The Kier molecular flexibility index (Phi) is 6.85. The van der Waals surface area contributed by atoms with E-state index in [-0.39, 0.29) is 0 Å². The number of hydrogen-bond donors (Lipinski definition) is 0. The Morgan fingerprint density at radius 2 is 0.725 bits per heavy atom. The molecule has 0 saturated heterocycles. The predicted molar refractivity (Wildman–Crippen MR) is 215 cm³/mol. The third kappa shape index (κ3) is 4.84. The zero-order valence-corrected chi connectivity index (χ0v) is 27.9. The molecule has 0 bridgehead atoms. The maximum atomic E-state index is 4.19. The molecule has 0 spiro atoms. The fourth-order valence-electron chi connectivity index (χ4n) is 7.96. The Morgan fingerprint density at radius 1 is 0.294 bits per heavy atom. The summed E-state index contributed by atoms with van der Waals surface area (Å²) in [6.45, 7) is 0. The number of hydrogen-bond acceptors (Lipinski definition) is 1. The predicted octanol–water partition coefficient (Wildman–Crippen LogP) is 13.2. The lowest BCUT2D eigenvalue weighted by Crippen LogP contribution is -1.95. The first-order chi connectivity index (χ1) is 25.3. The van der Waals surface area contributed by atoms with E-state index in [4.69, 9.17) is 0 Å². The maximum Gasteiger partial charge on any atom is 0.0541 e. The third-order valence-corrected chi connectivity index (χ3v) is 10.3. The lowest BCUT2D eigenvalue weighted by Gasteiger charge is -2.19. The van der Waals surface area contributed by atoms with Gasteiger partial charge in [0.25, 0.3) is 0 Å². The zero-order chi connectivity index (χ0) is 33.7. The molecular formula is C49H32N2. The van der Waals surface area contributed by atoms with Crippen LogP contribution in [0.15, 0.2) is 194 Å². The molecule has 0 radical (unpaired) electrons. The molecule has 0 fully saturated rings. The number of pyridine rings is 1. The van der Waals surface area contributed by atoms with Gasteiger partial charge in [-0.1, -0.05) is 140 Å². The van der Waals surface area contributed by atoms with Gasteiger partial charge in [0.05, 0.1) is 11.0 Å². The fraction of sp³-hybridized carbons (Fsp3) is 0. The molecule has 2 nitrogen and oxygen atoms in total. The number of nitrogens with zero attached hydrogens (tertiary/aromatic N) is 2. The van der Waals surface area contributed by atoms with Crippen LogP contribution in [0.1, 0.15) is 0 Å². The van der Waals surface area contributed by atoms with E-state index in [0.29, 0.717) is 0 Å². The van der Waals surface area contributed by atoms with Crippen molar-refractivity contribution in [3.05, 3.63) is 194 Å². The molecule has 2 aromatic heterocycles. The van der Waals surface area contributed by atoms with Gasteiger partial charge in [0, 0.05) is 28.9 Å². The minimum Gasteiger partial charge on any atom is -0.309 e. The first-order valence-electron chi connectivity index (χ1n) is 17.5. The van der Waals surface area contributed by atoms with Crippen molar-refractivity contribution in [2.45, 2.75) is 0 Å². The van der Waals surface area contributed by atoms with Crippen LogP contribution < -0.4 is 0 Å². The van der Waals surface area contributed by atoms with E-state index >= 15 is 0 Å². The number of rotatable bonds is 5. The molecule has 10 aromatic rings. The maximum absolute atomic E-state index is 4.19. The number of para-hydroxylation sites is 2. The van der Waals surface area contributed by atoms with Crippen LogP contribution in [-0.4, -0.2) is 9.55 Å². The zero-order valence-electron chi connectivity index (χ0n) is 27.9. The summed E-state index contributed by atoms with van der Waals surface area (Å²) in [6.07, 6.45) is 3.69. The first kappa shape index (κ1) is 29.2. The highest BCUT2D eigenvalue weighted by Gasteiger charge is 2.18. The average Bonchev–Trinajstić information content (AvgIpc) is 3.55. The first-order valence-corrected chi connectivity index (χ1v) is 17.5. The number of fused-ring (bicyclic) bond motifs is 5. The molecule has 0 unspecified atom stereocenters. The van der Waals surface area contributed by atoms with Crippen LogP contribution in [0.25, 0.3) is 93.5 Å². The van der Waals surface area contributed by atoms with E-state index in [2.05, 4.69) is 192 Å². The highest BCUT2D eigenvalue weighted by molar-refractivity contribution is 6.22. The molecule has 0 aliphatic rings. The van der Waals surface area contributed by atoms with Gasteiger partial charge in [0.1, 0.15) is 0 Å². The summed E-state index contributed by atoms with van der Waals surface area (Å²) in [5.41, 5.74) is 13.3. The second kappa shape index (κ2) is 12.0. The average molecular weight is 649 g/mol. The van der Waals surface area contributed by atoms with Crippen LogP contribution in [0.3, 0.4) is 0 Å². The minimum atomic E-state index is 1.16. The standard InChI is InChI=1S/C49H32N2/c1-2-10-36(11-3-1)49-43-15-5-4-14-42(43)48(44-27-24-38(32-45(44)49)34-20-18-33(19-21-34)35-28-30-50-31-29-35)37-22-25-39(26-23-37)51-46-16-8-6-12-40(46)41-13-7-9-17-47(41)51/h1-32H. The number of aromatic nitrogens is 2. The highest BCUT2D eigenvalue weighted by Crippen LogP contribution is 2.45. The molecule has 0 N–H and O–H groups in total. The van der Waals surface area contributed by atoms with Gasteiger partial charge < -0.3 is 4.57 Å². The van der Waals surface area contributed by atoms with Crippen molar-refractivity contribution in [1.82, 2.24) is 9.55 Å². The quantitative estimate of drug-likeness (QED) is 0.170. The van der Waals surface area contributed by atoms with Gasteiger partial charge in [-0.05, 0) is 109 Å². The van der Waals surface area contributed by atoms with E-state index < -0.39 is 0 Å². The van der Waals surface area contributed by atoms with Crippen LogP contribution in [0.5, 0.6) is 0 Å². The molecule has 0 aliphatic carbocycles. The van der Waals surface area contributed by atoms with Crippen LogP contribution in [-0.2, 0) is 0 Å². The van der Waals surface area contributed by atoms with E-state index in [9.17, 15) is 0 Å². The van der Waals surface area contributed by atoms with Gasteiger partial charge in [-0.3, -0.25) is 4.98 Å². The SMILES string of the molecule is c1ccc(-c2c3ccccc3c(-c3ccc(-n4c5ccccc5c5ccccc54)cc3)c3ccc(-c4ccc(-c5ccncc5)cc4)cc23)cc1. The normalized spacial score (nSPS) is 11.5. The van der Waals surface area contributed by atoms with Crippen molar-refractivity contribution in [2.75, 3.05) is 0 Å². The Morgan fingerprint density at radius 3 is 1.35 bits per heavy atom. The van der Waals surface area contributed by atoms with Crippen LogP contribution in [0.4, 0.5) is 0 Å². The summed E-state index contributed by atoms with van der Waals surface area (Å²) in [5.74, 6) is 0. The second-order valence-corrected chi connectivity index (χ2v) is 13.2. The Balaban J connectivity index is 1.17. The van der Waals surface area contributed by atoms with E-state index in [0.717, 1.165) is 5.69 Å². The van der Waals surface area contributed by atoms with E-state index in [1.165, 1.54) is 87.9 Å². The van der Waals surface area contributed by atoms with Crippen molar-refractivity contribution < 1.29 is 0 Å². The van der Waals surface area contributed by atoms with E-state index in [1.54, 1.807) is 0 Å². The molecule has 2 heteroatoms. The smallest absolute Gasteiger partial charge is 0.0541 e. The molecule has 0 saturated carbocycles. The van der Waals surface area contributed by atoms with Crippen LogP contribution in [0, 0.1) is 0 Å². The van der Waals surface area contributed by atoms with E-state index in [1.807, 2.05) is 12.4 Å². The second-order valence-electron chi connectivity index (χ2n) is 13.2. The summed E-state index contributed by atoms with van der Waals surface area (Å²) in [4.78, 5) is 4.19. The minimum absolute atomic E-state index is 1.16. The molecule has 238 valence electrons. The van der Waals surface area contributed by atoms with Crippen LogP contribution in [0.2, 0.25) is 0 Å². The van der Waals surface area contributed by atoms with Gasteiger partial charge >= 0.3 is 0 Å². The van der Waals surface area contributed by atoms with Gasteiger partial charge in [0.2, 0.25) is 0 Å². The fourth-order valence-corrected chi connectivity index (χ4v) is 7.96. The molecule has 8 aromatic carbocycles. The topological polar surface area (TPSA) is 17.8 Å². The molecule has 0 atom stereocenters. The molecule has 51 heavy (non-hydrogen) atoms. The molecule has 2 heterocycles. The van der Waals surface area contributed by atoms with Gasteiger partial charge in [0.15, 0.2) is 0 Å². The highest BCUT2D eigenvalue weighted by atomic mass is 15.0. The van der Waals surface area contributed by atoms with Crippen molar-refractivity contribution in [1.29, 1.82) is 0 Å². The Bertz CT molecular complexity index is 2810. The molecule has 10 rings (SSSR count). The van der Waals surface area contributed by atoms with Crippen molar-refractivity contribution in [2.24, 2.45) is 0 Å². The lowest BCUT2D eigenvalue weighted by atomic mass is 9.85.